The van der Waals surface area contributed by atoms with E-state index >= 15 is 0 Å². The first-order valence-electron chi connectivity index (χ1n) is 5.91. The van der Waals surface area contributed by atoms with Crippen LogP contribution >= 0.6 is 0 Å². The number of hydrogen-bond acceptors (Lipinski definition) is 5. The Labute approximate surface area is 113 Å². The number of sulfone groups is 1. The summed E-state index contributed by atoms with van der Waals surface area (Å²) in [6, 6.07) is 2.65. The Morgan fingerprint density at radius 3 is 2.47 bits per heavy atom. The molecule has 0 aliphatic carbocycles. The maximum Gasteiger partial charge on any atom is 0.225 e. The molecule has 0 aromatic carbocycles. The number of carbonyl (C=O) groups is 1. The van der Waals surface area contributed by atoms with E-state index in [1.54, 1.807) is 0 Å². The molecule has 1 rings (SSSR count). The Kier molecular flexibility index (Phi) is 5.02. The number of amides is 1. The van der Waals surface area contributed by atoms with Gasteiger partial charge in [0.2, 0.25) is 5.91 Å². The van der Waals surface area contributed by atoms with E-state index in [4.69, 9.17) is 5.73 Å². The highest BCUT2D eigenvalue weighted by atomic mass is 32.2. The van der Waals surface area contributed by atoms with E-state index in [2.05, 4.69) is 10.3 Å². The van der Waals surface area contributed by atoms with Crippen molar-refractivity contribution < 1.29 is 13.2 Å². The second kappa shape index (κ2) is 6.12. The highest BCUT2D eigenvalue weighted by molar-refractivity contribution is 7.90. The molecule has 1 heterocycles. The van der Waals surface area contributed by atoms with E-state index in [1.807, 2.05) is 13.8 Å². The third kappa shape index (κ3) is 4.96. The van der Waals surface area contributed by atoms with Crippen LogP contribution in [0.25, 0.3) is 0 Å². The van der Waals surface area contributed by atoms with Gasteiger partial charge in [0.25, 0.3) is 0 Å². The Morgan fingerprint density at radius 2 is 2.05 bits per heavy atom. The Hall–Kier alpha value is -1.47. The van der Waals surface area contributed by atoms with Crippen molar-refractivity contribution >= 4 is 21.4 Å². The number of nitrogens with two attached hydrogens (primary N) is 1. The fraction of sp³-hybridized carbons (Fsp3) is 0.500. The molecule has 0 saturated heterocycles. The number of carbonyl (C=O) groups excluding carboxylic acids is 1. The zero-order chi connectivity index (χ0) is 14.6. The maximum atomic E-state index is 11.7. The van der Waals surface area contributed by atoms with Crippen LogP contribution in [0.5, 0.6) is 0 Å². The molecule has 0 saturated carbocycles. The van der Waals surface area contributed by atoms with Crippen LogP contribution in [0.4, 0.5) is 5.69 Å². The molecule has 1 aromatic rings. The topological polar surface area (TPSA) is 102 Å². The molecule has 0 spiro atoms. The predicted molar refractivity (Wildman–Crippen MR) is 73.4 cm³/mol. The van der Waals surface area contributed by atoms with Gasteiger partial charge < -0.3 is 11.1 Å². The molecular formula is C12H19N3O3S. The van der Waals surface area contributed by atoms with Crippen molar-refractivity contribution in [3.05, 3.63) is 18.3 Å². The Bertz CT molecular complexity index is 538. The van der Waals surface area contributed by atoms with Gasteiger partial charge in [-0.25, -0.2) is 13.4 Å². The molecule has 0 radical (unpaired) electrons. The number of hydrogen-bond donors (Lipinski definition) is 2. The van der Waals surface area contributed by atoms with Crippen LogP contribution in [0.1, 0.15) is 20.3 Å². The van der Waals surface area contributed by atoms with Gasteiger partial charge in [-0.3, -0.25) is 4.79 Å². The minimum absolute atomic E-state index is 0.0237. The summed E-state index contributed by atoms with van der Waals surface area (Å²) in [6.07, 6.45) is 2.61. The third-order valence-corrected chi connectivity index (χ3v) is 3.68. The van der Waals surface area contributed by atoms with Crippen LogP contribution in [0.15, 0.2) is 23.4 Å². The average Bonchev–Trinajstić information content (AvgIpc) is 2.28. The molecule has 0 bridgehead atoms. The van der Waals surface area contributed by atoms with E-state index in [0.717, 1.165) is 6.26 Å². The minimum Gasteiger partial charge on any atom is -0.327 e. The SMILES string of the molecule is CC(C)C(N)CC(=O)Nc1ccc(S(C)(=O)=O)nc1. The van der Waals surface area contributed by atoms with Crippen LogP contribution in [0.3, 0.4) is 0 Å². The monoisotopic (exact) mass is 285 g/mol. The van der Waals surface area contributed by atoms with Gasteiger partial charge in [0.1, 0.15) is 0 Å². The number of aromatic nitrogens is 1. The van der Waals surface area contributed by atoms with Crippen LogP contribution in [0.2, 0.25) is 0 Å². The van der Waals surface area contributed by atoms with E-state index in [9.17, 15) is 13.2 Å². The predicted octanol–water partition coefficient (Wildman–Crippen LogP) is 0.797. The number of nitrogens with one attached hydrogen (secondary N) is 1. The van der Waals surface area contributed by atoms with Crippen molar-refractivity contribution in [3.63, 3.8) is 0 Å². The summed E-state index contributed by atoms with van der Waals surface area (Å²) in [5, 5.41) is 2.61. The fourth-order valence-corrected chi connectivity index (χ4v) is 1.89. The van der Waals surface area contributed by atoms with E-state index < -0.39 is 9.84 Å². The summed E-state index contributed by atoms with van der Waals surface area (Å²) in [4.78, 5) is 15.5. The summed E-state index contributed by atoms with van der Waals surface area (Å²) in [6.45, 7) is 3.89. The first-order chi connectivity index (χ1) is 8.70. The number of rotatable bonds is 5. The van der Waals surface area contributed by atoms with E-state index in [1.165, 1.54) is 18.3 Å². The van der Waals surface area contributed by atoms with Crippen molar-refractivity contribution in [1.29, 1.82) is 0 Å². The van der Waals surface area contributed by atoms with Crippen molar-refractivity contribution in [2.24, 2.45) is 11.7 Å². The Morgan fingerprint density at radius 1 is 1.42 bits per heavy atom. The number of nitrogens with zero attached hydrogens (tertiary/aromatic N) is 1. The van der Waals surface area contributed by atoms with E-state index in [-0.39, 0.29) is 29.3 Å². The first kappa shape index (κ1) is 15.6. The zero-order valence-corrected chi connectivity index (χ0v) is 12.1. The van der Waals surface area contributed by atoms with Gasteiger partial charge in [-0.05, 0) is 18.1 Å². The lowest BCUT2D eigenvalue weighted by Crippen LogP contribution is -2.31. The zero-order valence-electron chi connectivity index (χ0n) is 11.3. The Balaban J connectivity index is 2.66. The van der Waals surface area contributed by atoms with Crippen LogP contribution in [-0.2, 0) is 14.6 Å². The van der Waals surface area contributed by atoms with Crippen LogP contribution < -0.4 is 11.1 Å². The lowest BCUT2D eigenvalue weighted by Gasteiger charge is -2.14. The summed E-state index contributed by atoms with van der Waals surface area (Å²) in [7, 11) is -3.32. The second-order valence-electron chi connectivity index (χ2n) is 4.82. The summed E-state index contributed by atoms with van der Waals surface area (Å²) in [5.74, 6) is 0.00610. The van der Waals surface area contributed by atoms with Crippen molar-refractivity contribution in [1.82, 2.24) is 4.98 Å². The van der Waals surface area contributed by atoms with Gasteiger partial charge in [0.15, 0.2) is 14.9 Å². The number of anilines is 1. The molecule has 0 aliphatic rings. The van der Waals surface area contributed by atoms with Crippen molar-refractivity contribution in [2.75, 3.05) is 11.6 Å². The largest absolute Gasteiger partial charge is 0.327 e. The third-order valence-electron chi connectivity index (χ3n) is 2.68. The molecule has 0 aliphatic heterocycles. The summed E-state index contributed by atoms with van der Waals surface area (Å²) >= 11 is 0. The maximum absolute atomic E-state index is 11.7. The molecule has 19 heavy (non-hydrogen) atoms. The van der Waals surface area contributed by atoms with Crippen LogP contribution in [-0.4, -0.2) is 31.6 Å². The molecule has 1 atom stereocenters. The molecule has 1 unspecified atom stereocenters. The van der Waals surface area contributed by atoms with Gasteiger partial charge in [0.05, 0.1) is 11.9 Å². The first-order valence-corrected chi connectivity index (χ1v) is 7.81. The lowest BCUT2D eigenvalue weighted by molar-refractivity contribution is -0.116. The lowest BCUT2D eigenvalue weighted by atomic mass is 10.0. The smallest absolute Gasteiger partial charge is 0.225 e. The quantitative estimate of drug-likeness (QED) is 0.833. The van der Waals surface area contributed by atoms with E-state index in [0.29, 0.717) is 5.69 Å². The summed E-state index contributed by atoms with van der Waals surface area (Å²) in [5.41, 5.74) is 6.25. The molecule has 1 aromatic heterocycles. The molecule has 6 nitrogen and oxygen atoms in total. The highest BCUT2D eigenvalue weighted by Gasteiger charge is 2.14. The van der Waals surface area contributed by atoms with Gasteiger partial charge in [-0.1, -0.05) is 13.8 Å². The van der Waals surface area contributed by atoms with Crippen LogP contribution in [0, 0.1) is 5.92 Å². The molecule has 7 heteroatoms. The second-order valence-corrected chi connectivity index (χ2v) is 6.78. The standard InChI is InChI=1S/C12H19N3O3S/c1-8(2)10(13)6-11(16)15-9-4-5-12(14-7-9)19(3,17)18/h4-5,7-8,10H,6,13H2,1-3H3,(H,15,16). The van der Waals surface area contributed by atoms with Crippen molar-refractivity contribution in [2.45, 2.75) is 31.3 Å². The van der Waals surface area contributed by atoms with Gasteiger partial charge >= 0.3 is 0 Å². The fourth-order valence-electron chi connectivity index (χ4n) is 1.34. The molecule has 1 amide bonds. The van der Waals surface area contributed by atoms with Gasteiger partial charge in [-0.15, -0.1) is 0 Å². The normalized spacial score (nSPS) is 13.3. The van der Waals surface area contributed by atoms with Crippen molar-refractivity contribution in [3.8, 4) is 0 Å². The average molecular weight is 285 g/mol. The highest BCUT2D eigenvalue weighted by Crippen LogP contribution is 2.11. The molecule has 3 N–H and O–H groups in total. The number of pyridine rings is 1. The van der Waals surface area contributed by atoms with Gasteiger partial charge in [-0.2, -0.15) is 0 Å². The molecule has 0 fully saturated rings. The molecular weight excluding hydrogens is 266 g/mol. The molecule has 106 valence electrons. The summed E-state index contributed by atoms with van der Waals surface area (Å²) < 4.78 is 22.4. The minimum atomic E-state index is -3.32. The van der Waals surface area contributed by atoms with Gasteiger partial charge in [0, 0.05) is 18.7 Å².